The maximum Gasteiger partial charge on any atom is 0.322 e. The number of hydrogen-bond acceptors (Lipinski definition) is 3. The van der Waals surface area contributed by atoms with E-state index in [1.807, 2.05) is 6.92 Å². The van der Waals surface area contributed by atoms with Crippen LogP contribution in [0.25, 0.3) is 0 Å². The minimum absolute atomic E-state index is 0.0703. The van der Waals surface area contributed by atoms with Gasteiger partial charge in [0, 0.05) is 6.04 Å². The van der Waals surface area contributed by atoms with Gasteiger partial charge in [-0.15, -0.1) is 0 Å². The number of unbranched alkanes of at least 4 members (excludes halogenated alkanes) is 1. The van der Waals surface area contributed by atoms with E-state index in [4.69, 9.17) is 4.74 Å². The lowest BCUT2D eigenvalue weighted by molar-refractivity contribution is -0.146. The summed E-state index contributed by atoms with van der Waals surface area (Å²) in [6.45, 7) is 5.14. The molecule has 14 heavy (non-hydrogen) atoms. The van der Waals surface area contributed by atoms with Crippen LogP contribution in [0.15, 0.2) is 0 Å². The summed E-state index contributed by atoms with van der Waals surface area (Å²) in [6, 6.07) is 0.565. The quantitative estimate of drug-likeness (QED) is 0.611. The monoisotopic (exact) mass is 199 g/mol. The highest BCUT2D eigenvalue weighted by molar-refractivity contribution is 5.75. The standard InChI is InChI=1S/C11H21NO2/c1-4-5-8-12(10-6-7-10)9(2)11(13)14-3/h9-10H,4-8H2,1-3H3. The molecule has 1 atom stereocenters. The molecule has 3 heteroatoms. The third-order valence-corrected chi connectivity index (χ3v) is 2.83. The Morgan fingerprint density at radius 3 is 2.64 bits per heavy atom. The Balaban J connectivity index is 2.43. The summed E-state index contributed by atoms with van der Waals surface area (Å²) in [7, 11) is 1.46. The highest BCUT2D eigenvalue weighted by Crippen LogP contribution is 2.29. The molecular formula is C11H21NO2. The number of rotatable bonds is 6. The number of nitrogens with zero attached hydrogens (tertiary/aromatic N) is 1. The largest absolute Gasteiger partial charge is 0.468 e. The van der Waals surface area contributed by atoms with E-state index in [0.717, 1.165) is 13.0 Å². The van der Waals surface area contributed by atoms with Crippen LogP contribution in [0.2, 0.25) is 0 Å². The lowest BCUT2D eigenvalue weighted by Gasteiger charge is -2.26. The highest BCUT2D eigenvalue weighted by atomic mass is 16.5. The van der Waals surface area contributed by atoms with Gasteiger partial charge in [-0.3, -0.25) is 9.69 Å². The van der Waals surface area contributed by atoms with Crippen LogP contribution in [-0.2, 0) is 9.53 Å². The molecule has 1 unspecified atom stereocenters. The smallest absolute Gasteiger partial charge is 0.322 e. The summed E-state index contributed by atoms with van der Waals surface area (Å²) in [5.74, 6) is -0.104. The first kappa shape index (κ1) is 11.5. The molecule has 0 radical (unpaired) electrons. The molecule has 1 fully saturated rings. The van der Waals surface area contributed by atoms with Crippen molar-refractivity contribution in [1.82, 2.24) is 4.90 Å². The lowest BCUT2D eigenvalue weighted by atomic mass is 10.2. The number of methoxy groups -OCH3 is 1. The maximum atomic E-state index is 11.4. The molecule has 0 saturated heterocycles. The van der Waals surface area contributed by atoms with Gasteiger partial charge in [0.1, 0.15) is 6.04 Å². The summed E-state index contributed by atoms with van der Waals surface area (Å²) in [5, 5.41) is 0. The predicted octanol–water partition coefficient (Wildman–Crippen LogP) is 1.81. The fraction of sp³-hybridized carbons (Fsp3) is 0.909. The van der Waals surface area contributed by atoms with E-state index in [1.165, 1.54) is 26.4 Å². The Kier molecular flexibility index (Phi) is 4.39. The molecular weight excluding hydrogens is 178 g/mol. The van der Waals surface area contributed by atoms with Gasteiger partial charge in [0.15, 0.2) is 0 Å². The summed E-state index contributed by atoms with van der Waals surface area (Å²) >= 11 is 0. The second-order valence-corrected chi connectivity index (χ2v) is 4.02. The molecule has 1 saturated carbocycles. The van der Waals surface area contributed by atoms with E-state index in [2.05, 4.69) is 11.8 Å². The fourth-order valence-electron chi connectivity index (χ4n) is 1.75. The topological polar surface area (TPSA) is 29.5 Å². The Labute approximate surface area is 86.4 Å². The lowest BCUT2D eigenvalue weighted by Crippen LogP contribution is -2.41. The van der Waals surface area contributed by atoms with Crippen LogP contribution in [0.1, 0.15) is 39.5 Å². The molecule has 0 aliphatic heterocycles. The van der Waals surface area contributed by atoms with Gasteiger partial charge in [0.25, 0.3) is 0 Å². The zero-order valence-corrected chi connectivity index (χ0v) is 9.45. The summed E-state index contributed by atoms with van der Waals surface area (Å²) < 4.78 is 4.77. The Hall–Kier alpha value is -0.570. The van der Waals surface area contributed by atoms with Crippen LogP contribution in [0.3, 0.4) is 0 Å². The van der Waals surface area contributed by atoms with Gasteiger partial charge in [-0.05, 0) is 32.7 Å². The molecule has 0 N–H and O–H groups in total. The van der Waals surface area contributed by atoms with Crippen LogP contribution < -0.4 is 0 Å². The summed E-state index contributed by atoms with van der Waals surface area (Å²) in [4.78, 5) is 13.7. The van der Waals surface area contributed by atoms with Crippen molar-refractivity contribution in [3.63, 3.8) is 0 Å². The van der Waals surface area contributed by atoms with Crippen LogP contribution in [0.4, 0.5) is 0 Å². The number of carbonyl (C=O) groups excluding carboxylic acids is 1. The minimum Gasteiger partial charge on any atom is -0.468 e. The molecule has 1 rings (SSSR count). The van der Waals surface area contributed by atoms with Gasteiger partial charge in [-0.25, -0.2) is 0 Å². The van der Waals surface area contributed by atoms with E-state index in [-0.39, 0.29) is 12.0 Å². The molecule has 0 aromatic carbocycles. The second-order valence-electron chi connectivity index (χ2n) is 4.02. The van der Waals surface area contributed by atoms with Crippen molar-refractivity contribution in [3.05, 3.63) is 0 Å². The summed E-state index contributed by atoms with van der Waals surface area (Å²) in [5.41, 5.74) is 0. The van der Waals surface area contributed by atoms with E-state index in [1.54, 1.807) is 0 Å². The van der Waals surface area contributed by atoms with E-state index >= 15 is 0 Å². The molecule has 0 spiro atoms. The third-order valence-electron chi connectivity index (χ3n) is 2.83. The molecule has 3 nitrogen and oxygen atoms in total. The third kappa shape index (κ3) is 2.98. The SMILES string of the molecule is CCCCN(C1CC1)C(C)C(=O)OC. The van der Waals surface area contributed by atoms with Gasteiger partial charge in [0.05, 0.1) is 7.11 Å². The van der Waals surface area contributed by atoms with Crippen molar-refractivity contribution in [2.75, 3.05) is 13.7 Å². The average molecular weight is 199 g/mol. The van der Waals surface area contributed by atoms with Gasteiger partial charge in [-0.2, -0.15) is 0 Å². The molecule has 0 aromatic rings. The maximum absolute atomic E-state index is 11.4. The first-order chi connectivity index (χ1) is 6.70. The van der Waals surface area contributed by atoms with Crippen molar-refractivity contribution < 1.29 is 9.53 Å². The zero-order valence-electron chi connectivity index (χ0n) is 9.45. The van der Waals surface area contributed by atoms with Crippen molar-refractivity contribution in [3.8, 4) is 0 Å². The Bertz CT molecular complexity index is 190. The summed E-state index contributed by atoms with van der Waals surface area (Å²) in [6.07, 6.45) is 4.82. The van der Waals surface area contributed by atoms with Crippen LogP contribution in [0.5, 0.6) is 0 Å². The van der Waals surface area contributed by atoms with Crippen molar-refractivity contribution in [2.24, 2.45) is 0 Å². The van der Waals surface area contributed by atoms with Gasteiger partial charge >= 0.3 is 5.97 Å². The van der Waals surface area contributed by atoms with Crippen LogP contribution in [-0.4, -0.2) is 36.6 Å². The first-order valence-electron chi connectivity index (χ1n) is 5.54. The fourth-order valence-corrected chi connectivity index (χ4v) is 1.75. The average Bonchev–Trinajstić information content (AvgIpc) is 3.01. The van der Waals surface area contributed by atoms with Gasteiger partial charge < -0.3 is 4.74 Å². The van der Waals surface area contributed by atoms with Gasteiger partial charge in [0.2, 0.25) is 0 Å². The van der Waals surface area contributed by atoms with Crippen LogP contribution >= 0.6 is 0 Å². The second kappa shape index (κ2) is 5.35. The normalized spacial score (nSPS) is 18.3. The van der Waals surface area contributed by atoms with Gasteiger partial charge in [-0.1, -0.05) is 13.3 Å². The van der Waals surface area contributed by atoms with E-state index < -0.39 is 0 Å². The zero-order chi connectivity index (χ0) is 10.6. The molecule has 0 heterocycles. The molecule has 0 aromatic heterocycles. The number of esters is 1. The van der Waals surface area contributed by atoms with Crippen molar-refractivity contribution in [2.45, 2.75) is 51.6 Å². The molecule has 1 aliphatic carbocycles. The van der Waals surface area contributed by atoms with E-state index in [9.17, 15) is 4.79 Å². The minimum atomic E-state index is -0.104. The Morgan fingerprint density at radius 2 is 2.21 bits per heavy atom. The van der Waals surface area contributed by atoms with Crippen molar-refractivity contribution in [1.29, 1.82) is 0 Å². The molecule has 0 bridgehead atoms. The molecule has 82 valence electrons. The first-order valence-corrected chi connectivity index (χ1v) is 5.54. The van der Waals surface area contributed by atoms with Crippen molar-refractivity contribution >= 4 is 5.97 Å². The van der Waals surface area contributed by atoms with Crippen LogP contribution in [0, 0.1) is 0 Å². The number of carbonyl (C=O) groups is 1. The number of hydrogen-bond donors (Lipinski definition) is 0. The van der Waals surface area contributed by atoms with E-state index in [0.29, 0.717) is 6.04 Å². The number of ether oxygens (including phenoxy) is 1. The predicted molar refractivity (Wildman–Crippen MR) is 56.1 cm³/mol. The molecule has 1 aliphatic rings. The Morgan fingerprint density at radius 1 is 1.57 bits per heavy atom. The molecule has 0 amide bonds. The highest BCUT2D eigenvalue weighted by Gasteiger charge is 2.34.